The molecule has 7 aromatic rings. The summed E-state index contributed by atoms with van der Waals surface area (Å²) in [6, 6.07) is 34.3. The van der Waals surface area contributed by atoms with E-state index in [1.165, 1.54) is 11.1 Å². The standard InChI is InChI=1S/C44H40F3N7O2/c1-43(2,3)56-42(55)52-21-20-33(45)36(27-52)50-41-35(47)24-34(46)40(51-41)38-26-49-39-23-29(19-22-53(38)39)37-25-48-28-54(37)44(30-13-7-4-8-14-30,31-15-9-5-10-16-31)32-17-11-6-12-18-32/h4-19,22-26,28,33,36H,20-21,27H2,1-3H3,(H,50,51)/t33-,36?/m0/s1. The highest BCUT2D eigenvalue weighted by Crippen LogP contribution is 2.43. The van der Waals surface area contributed by atoms with E-state index in [-0.39, 0.29) is 36.7 Å². The number of nitrogens with one attached hydrogen (secondary N) is 1. The number of pyridine rings is 2. The number of halogens is 3. The molecule has 0 spiro atoms. The van der Waals surface area contributed by atoms with Crippen LogP contribution in [0.1, 0.15) is 43.9 Å². The van der Waals surface area contributed by atoms with Crippen molar-refractivity contribution in [2.24, 2.45) is 0 Å². The van der Waals surface area contributed by atoms with Crippen molar-refractivity contribution in [3.63, 3.8) is 0 Å². The SMILES string of the molecule is CC(C)(C)OC(=O)N1CC[C@H](F)C(Nc2nc(-c3cnc4cc(-c5cncn5C(c5ccccc5)(c5ccccc5)c5ccccc5)ccn34)c(F)cc2F)C1. The Labute approximate surface area is 322 Å². The number of ether oxygens (including phenoxy) is 1. The van der Waals surface area contributed by atoms with Crippen LogP contribution in [0.5, 0.6) is 0 Å². The number of amides is 1. The number of imidazole rings is 2. The van der Waals surface area contributed by atoms with Crippen LogP contribution in [0.2, 0.25) is 0 Å². The van der Waals surface area contributed by atoms with Crippen molar-refractivity contribution in [3.8, 4) is 22.6 Å². The van der Waals surface area contributed by atoms with E-state index in [0.717, 1.165) is 34.0 Å². The smallest absolute Gasteiger partial charge is 0.410 e. The van der Waals surface area contributed by atoms with Crippen LogP contribution in [0.25, 0.3) is 28.3 Å². The molecule has 4 aromatic heterocycles. The zero-order valence-corrected chi connectivity index (χ0v) is 31.1. The van der Waals surface area contributed by atoms with Gasteiger partial charge in [0.05, 0.1) is 36.2 Å². The Bertz CT molecular complexity index is 2390. The molecule has 9 nitrogen and oxygen atoms in total. The third-order valence-electron chi connectivity index (χ3n) is 10.1. The van der Waals surface area contributed by atoms with Crippen molar-refractivity contribution >= 4 is 17.6 Å². The number of alkyl halides is 1. The molecule has 1 fully saturated rings. The first-order chi connectivity index (χ1) is 27.0. The predicted molar refractivity (Wildman–Crippen MR) is 209 cm³/mol. The fourth-order valence-electron chi connectivity index (χ4n) is 7.52. The molecule has 1 saturated heterocycles. The quantitative estimate of drug-likeness (QED) is 0.156. The first kappa shape index (κ1) is 36.5. The van der Waals surface area contributed by atoms with E-state index < -0.39 is 41.1 Å². The molecule has 1 amide bonds. The Hall–Kier alpha value is -6.43. The van der Waals surface area contributed by atoms with Gasteiger partial charge in [0.2, 0.25) is 0 Å². The second-order valence-electron chi connectivity index (χ2n) is 14.9. The van der Waals surface area contributed by atoms with Crippen LogP contribution in [0.3, 0.4) is 0 Å². The van der Waals surface area contributed by atoms with Crippen LogP contribution < -0.4 is 5.32 Å². The molecule has 0 radical (unpaired) electrons. The van der Waals surface area contributed by atoms with Crippen molar-refractivity contribution in [1.82, 2.24) is 28.8 Å². The topological polar surface area (TPSA) is 89.6 Å². The number of benzene rings is 3. The van der Waals surface area contributed by atoms with Crippen LogP contribution in [-0.4, -0.2) is 65.8 Å². The van der Waals surface area contributed by atoms with Gasteiger partial charge in [-0.05, 0) is 56.0 Å². The average molecular weight is 756 g/mol. The zero-order valence-electron chi connectivity index (χ0n) is 31.1. The second-order valence-corrected chi connectivity index (χ2v) is 14.9. The lowest BCUT2D eigenvalue weighted by Crippen LogP contribution is -2.52. The number of nitrogens with zero attached hydrogens (tertiary/aromatic N) is 6. The minimum atomic E-state index is -1.41. The third-order valence-corrected chi connectivity index (χ3v) is 10.1. The number of piperidine rings is 1. The highest BCUT2D eigenvalue weighted by Gasteiger charge is 2.40. The molecule has 1 N–H and O–H groups in total. The average Bonchev–Trinajstić information content (AvgIpc) is 3.86. The monoisotopic (exact) mass is 755 g/mol. The van der Waals surface area contributed by atoms with E-state index in [0.29, 0.717) is 5.65 Å². The van der Waals surface area contributed by atoms with Crippen LogP contribution in [0, 0.1) is 11.6 Å². The molecule has 1 aliphatic rings. The number of hydrogen-bond donors (Lipinski definition) is 1. The maximum atomic E-state index is 15.5. The maximum Gasteiger partial charge on any atom is 0.410 e. The van der Waals surface area contributed by atoms with Gasteiger partial charge in [-0.3, -0.25) is 4.40 Å². The van der Waals surface area contributed by atoms with Gasteiger partial charge in [0.15, 0.2) is 17.5 Å². The third kappa shape index (κ3) is 6.76. The lowest BCUT2D eigenvalue weighted by atomic mass is 9.76. The largest absolute Gasteiger partial charge is 0.444 e. The summed E-state index contributed by atoms with van der Waals surface area (Å²) in [5, 5.41) is 2.80. The number of rotatable bonds is 8. The summed E-state index contributed by atoms with van der Waals surface area (Å²) >= 11 is 0. The van der Waals surface area contributed by atoms with Gasteiger partial charge in [0.1, 0.15) is 28.7 Å². The molecule has 3 aromatic carbocycles. The minimum Gasteiger partial charge on any atom is -0.444 e. The number of fused-ring (bicyclic) bond motifs is 1. The van der Waals surface area contributed by atoms with Crippen molar-refractivity contribution < 1.29 is 22.7 Å². The molecule has 5 heterocycles. The van der Waals surface area contributed by atoms with Gasteiger partial charge < -0.3 is 19.5 Å². The van der Waals surface area contributed by atoms with Gasteiger partial charge in [-0.15, -0.1) is 0 Å². The number of aromatic nitrogens is 5. The van der Waals surface area contributed by atoms with E-state index in [1.807, 2.05) is 79.3 Å². The summed E-state index contributed by atoms with van der Waals surface area (Å²) in [5.74, 6) is -2.24. The summed E-state index contributed by atoms with van der Waals surface area (Å²) in [4.78, 5) is 27.7. The molecule has 8 rings (SSSR count). The predicted octanol–water partition coefficient (Wildman–Crippen LogP) is 9.14. The molecular formula is C44H40F3N7O2. The number of carbonyl (C=O) groups excluding carboxylic acids is 1. The fourth-order valence-corrected chi connectivity index (χ4v) is 7.52. The molecule has 0 bridgehead atoms. The second kappa shape index (κ2) is 14.7. The highest BCUT2D eigenvalue weighted by molar-refractivity contribution is 5.71. The number of anilines is 1. The Morgan fingerprint density at radius 2 is 1.45 bits per heavy atom. The van der Waals surface area contributed by atoms with E-state index in [2.05, 4.69) is 61.2 Å². The number of carbonyl (C=O) groups is 1. The first-order valence-corrected chi connectivity index (χ1v) is 18.4. The normalized spacial score (nSPS) is 16.2. The van der Waals surface area contributed by atoms with E-state index in [1.54, 1.807) is 31.4 Å². The van der Waals surface area contributed by atoms with Gasteiger partial charge in [-0.2, -0.15) is 0 Å². The molecular weight excluding hydrogens is 716 g/mol. The summed E-state index contributed by atoms with van der Waals surface area (Å²) in [7, 11) is 0. The van der Waals surface area contributed by atoms with Gasteiger partial charge in [-0.25, -0.2) is 32.9 Å². The van der Waals surface area contributed by atoms with Crippen LogP contribution in [0.15, 0.2) is 134 Å². The van der Waals surface area contributed by atoms with Crippen molar-refractivity contribution in [2.75, 3.05) is 18.4 Å². The molecule has 284 valence electrons. The molecule has 0 aliphatic carbocycles. The molecule has 2 atom stereocenters. The summed E-state index contributed by atoms with van der Waals surface area (Å²) in [5.41, 5.74) is 3.74. The van der Waals surface area contributed by atoms with E-state index in [4.69, 9.17) is 4.74 Å². The zero-order chi connectivity index (χ0) is 39.0. The van der Waals surface area contributed by atoms with Gasteiger partial charge in [0, 0.05) is 30.9 Å². The molecule has 0 saturated carbocycles. The van der Waals surface area contributed by atoms with Crippen molar-refractivity contribution in [1.29, 1.82) is 0 Å². The summed E-state index contributed by atoms with van der Waals surface area (Å²) < 4.78 is 55.2. The summed E-state index contributed by atoms with van der Waals surface area (Å²) in [6.07, 6.45) is 4.88. The van der Waals surface area contributed by atoms with Crippen LogP contribution >= 0.6 is 0 Å². The molecule has 1 unspecified atom stereocenters. The Morgan fingerprint density at radius 3 is 2.05 bits per heavy atom. The lowest BCUT2D eigenvalue weighted by molar-refractivity contribution is 0.0150. The minimum absolute atomic E-state index is 0.0181. The number of hydrogen-bond acceptors (Lipinski definition) is 6. The van der Waals surface area contributed by atoms with Gasteiger partial charge >= 0.3 is 6.09 Å². The van der Waals surface area contributed by atoms with Gasteiger partial charge in [0.25, 0.3) is 0 Å². The Kier molecular flexibility index (Phi) is 9.57. The lowest BCUT2D eigenvalue weighted by Gasteiger charge is -2.38. The van der Waals surface area contributed by atoms with Crippen LogP contribution in [0.4, 0.5) is 23.8 Å². The van der Waals surface area contributed by atoms with Crippen LogP contribution in [-0.2, 0) is 10.3 Å². The molecule has 1 aliphatic heterocycles. The van der Waals surface area contributed by atoms with Crippen molar-refractivity contribution in [3.05, 3.63) is 162 Å². The van der Waals surface area contributed by atoms with E-state index in [9.17, 15) is 4.79 Å². The molecule has 12 heteroatoms. The van der Waals surface area contributed by atoms with Gasteiger partial charge in [-0.1, -0.05) is 91.0 Å². The van der Waals surface area contributed by atoms with Crippen molar-refractivity contribution in [2.45, 2.75) is 50.5 Å². The Balaban J connectivity index is 1.16. The number of likely N-dealkylation sites (tertiary alicyclic amines) is 1. The highest BCUT2D eigenvalue weighted by atomic mass is 19.1. The summed E-state index contributed by atoms with van der Waals surface area (Å²) in [6.45, 7) is 5.29. The molecule has 56 heavy (non-hydrogen) atoms. The first-order valence-electron chi connectivity index (χ1n) is 18.4. The fraction of sp³-hybridized carbons (Fsp3) is 0.227. The Morgan fingerprint density at radius 1 is 0.821 bits per heavy atom. The maximum absolute atomic E-state index is 15.5. The van der Waals surface area contributed by atoms with E-state index >= 15 is 13.2 Å².